The van der Waals surface area contributed by atoms with Crippen LogP contribution in [0.25, 0.3) is 0 Å². The number of Topliss-reactive ketones (excluding diaryl/α,β-unsaturated/α-hetero) is 1. The van der Waals surface area contributed by atoms with Gasteiger partial charge in [0, 0.05) is 24.6 Å². The molecule has 1 heterocycles. The summed E-state index contributed by atoms with van der Waals surface area (Å²) in [5, 5.41) is 9.87. The second-order valence-corrected chi connectivity index (χ2v) is 6.26. The van der Waals surface area contributed by atoms with Crippen molar-refractivity contribution in [3.63, 3.8) is 0 Å². The van der Waals surface area contributed by atoms with Crippen molar-refractivity contribution in [1.82, 2.24) is 4.90 Å². The summed E-state index contributed by atoms with van der Waals surface area (Å²) in [6.07, 6.45) is 1.81. The first-order valence-corrected chi connectivity index (χ1v) is 7.10. The van der Waals surface area contributed by atoms with Crippen LogP contribution in [0.1, 0.15) is 37.0 Å². The van der Waals surface area contributed by atoms with Crippen LogP contribution in [0.5, 0.6) is 0 Å². The minimum atomic E-state index is -0.749. The largest absolute Gasteiger partial charge is 0.389 e. The monoisotopic (exact) mass is 279 g/mol. The number of rotatable bonds is 4. The first-order chi connectivity index (χ1) is 9.35. The van der Waals surface area contributed by atoms with Gasteiger partial charge in [0.2, 0.25) is 0 Å². The summed E-state index contributed by atoms with van der Waals surface area (Å²) in [6.45, 7) is 5.70. The average Bonchev–Trinajstić information content (AvgIpc) is 2.37. The number of hydrogen-bond acceptors (Lipinski definition) is 3. The lowest BCUT2D eigenvalue weighted by atomic mass is 9.89. The van der Waals surface area contributed by atoms with Crippen LogP contribution in [0.3, 0.4) is 0 Å². The predicted molar refractivity (Wildman–Crippen MR) is 76.2 cm³/mol. The maximum atomic E-state index is 12.9. The van der Waals surface area contributed by atoms with Gasteiger partial charge in [-0.25, -0.2) is 4.39 Å². The molecule has 1 atom stereocenters. The number of ketones is 1. The molecule has 2 rings (SSSR count). The Morgan fingerprint density at radius 1 is 1.40 bits per heavy atom. The Labute approximate surface area is 119 Å². The Morgan fingerprint density at radius 2 is 2.05 bits per heavy atom. The van der Waals surface area contributed by atoms with Crippen LogP contribution in [0.4, 0.5) is 4.39 Å². The van der Waals surface area contributed by atoms with Gasteiger partial charge in [-0.05, 0) is 57.5 Å². The molecule has 0 bridgehead atoms. The zero-order valence-electron chi connectivity index (χ0n) is 12.1. The summed E-state index contributed by atoms with van der Waals surface area (Å²) in [5.74, 6) is -0.309. The molecular formula is C16H22FNO2. The van der Waals surface area contributed by atoms with Crippen LogP contribution in [0.2, 0.25) is 0 Å². The molecular weight excluding hydrogens is 257 g/mol. The molecule has 3 nitrogen and oxygen atoms in total. The highest BCUT2D eigenvalue weighted by atomic mass is 19.1. The number of halogens is 1. The second-order valence-electron chi connectivity index (χ2n) is 6.26. The van der Waals surface area contributed by atoms with Crippen molar-refractivity contribution in [1.29, 1.82) is 0 Å². The molecule has 0 saturated carbocycles. The summed E-state index contributed by atoms with van der Waals surface area (Å²) in [6, 6.07) is 5.74. The van der Waals surface area contributed by atoms with Crippen molar-refractivity contribution in [3.8, 4) is 0 Å². The number of β-amino-alcohol motifs (C(OH)–C–C–N with tert-alkyl or cyclic N) is 1. The summed E-state index contributed by atoms with van der Waals surface area (Å²) >= 11 is 0. The highest BCUT2D eigenvalue weighted by Gasteiger charge is 2.29. The molecule has 0 spiro atoms. The molecule has 20 heavy (non-hydrogen) atoms. The third-order valence-electron chi connectivity index (χ3n) is 3.62. The molecule has 0 aliphatic carbocycles. The van der Waals surface area contributed by atoms with E-state index >= 15 is 0 Å². The fourth-order valence-corrected chi connectivity index (χ4v) is 2.81. The van der Waals surface area contributed by atoms with E-state index in [1.54, 1.807) is 26.0 Å². The molecule has 1 unspecified atom stereocenters. The lowest BCUT2D eigenvalue weighted by Gasteiger charge is -2.35. The Balaban J connectivity index is 2.01. The fourth-order valence-electron chi connectivity index (χ4n) is 2.81. The van der Waals surface area contributed by atoms with Crippen molar-refractivity contribution in [2.45, 2.75) is 32.3 Å². The Bertz CT molecular complexity index is 464. The van der Waals surface area contributed by atoms with Crippen LogP contribution >= 0.6 is 0 Å². The normalized spacial score (nSPS) is 20.9. The number of aliphatic hydroxyl groups is 1. The Hall–Kier alpha value is -1.26. The number of nitrogens with zero attached hydrogens (tertiary/aromatic N) is 1. The number of carbonyl (C=O) groups excluding carboxylic acids is 1. The van der Waals surface area contributed by atoms with Crippen LogP contribution in [0, 0.1) is 11.7 Å². The van der Waals surface area contributed by atoms with E-state index in [1.165, 1.54) is 12.1 Å². The number of benzene rings is 1. The number of likely N-dealkylation sites (tertiary alicyclic amines) is 1. The summed E-state index contributed by atoms with van der Waals surface area (Å²) in [4.78, 5) is 14.5. The third kappa shape index (κ3) is 4.12. The van der Waals surface area contributed by atoms with Crippen molar-refractivity contribution in [3.05, 3.63) is 35.6 Å². The van der Waals surface area contributed by atoms with Gasteiger partial charge in [0.1, 0.15) is 5.82 Å². The SMILES string of the molecule is CC(C)(O)CN1CCCC(C(=O)c2ccc(F)cc2)C1. The Kier molecular flexibility index (Phi) is 4.55. The van der Waals surface area contributed by atoms with Gasteiger partial charge in [-0.3, -0.25) is 9.69 Å². The summed E-state index contributed by atoms with van der Waals surface area (Å²) in [5.41, 5.74) is -0.178. The van der Waals surface area contributed by atoms with Gasteiger partial charge >= 0.3 is 0 Å². The number of hydrogen-bond donors (Lipinski definition) is 1. The van der Waals surface area contributed by atoms with E-state index in [2.05, 4.69) is 4.90 Å². The lowest BCUT2D eigenvalue weighted by Crippen LogP contribution is -2.45. The molecule has 1 aliphatic heterocycles. The first kappa shape index (κ1) is 15.1. The highest BCUT2D eigenvalue weighted by molar-refractivity contribution is 5.98. The second kappa shape index (κ2) is 6.02. The molecule has 1 aromatic rings. The summed E-state index contributed by atoms with van der Waals surface area (Å²) < 4.78 is 12.9. The van der Waals surface area contributed by atoms with Crippen LogP contribution in [-0.4, -0.2) is 41.0 Å². The molecule has 0 amide bonds. The molecule has 0 aromatic heterocycles. The van der Waals surface area contributed by atoms with Gasteiger partial charge < -0.3 is 5.11 Å². The van der Waals surface area contributed by atoms with E-state index in [-0.39, 0.29) is 17.5 Å². The van der Waals surface area contributed by atoms with E-state index in [0.29, 0.717) is 18.7 Å². The quantitative estimate of drug-likeness (QED) is 0.861. The van der Waals surface area contributed by atoms with Gasteiger partial charge in [0.25, 0.3) is 0 Å². The van der Waals surface area contributed by atoms with Gasteiger partial charge in [-0.2, -0.15) is 0 Å². The van der Waals surface area contributed by atoms with Crippen LogP contribution in [-0.2, 0) is 0 Å². The summed E-state index contributed by atoms with van der Waals surface area (Å²) in [7, 11) is 0. The smallest absolute Gasteiger partial charge is 0.167 e. The van der Waals surface area contributed by atoms with Gasteiger partial charge in [0.05, 0.1) is 5.60 Å². The molecule has 1 saturated heterocycles. The maximum absolute atomic E-state index is 12.9. The molecule has 1 aliphatic rings. The minimum Gasteiger partial charge on any atom is -0.389 e. The Morgan fingerprint density at radius 3 is 2.65 bits per heavy atom. The fraction of sp³-hybridized carbons (Fsp3) is 0.562. The third-order valence-corrected chi connectivity index (χ3v) is 3.62. The average molecular weight is 279 g/mol. The van der Waals surface area contributed by atoms with Gasteiger partial charge in [-0.1, -0.05) is 0 Å². The number of piperidine rings is 1. The predicted octanol–water partition coefficient (Wildman–Crippen LogP) is 2.49. The first-order valence-electron chi connectivity index (χ1n) is 7.10. The molecule has 0 radical (unpaired) electrons. The van der Waals surface area contributed by atoms with Crippen molar-refractivity contribution >= 4 is 5.78 Å². The van der Waals surface area contributed by atoms with E-state index in [0.717, 1.165) is 19.4 Å². The van der Waals surface area contributed by atoms with E-state index in [1.807, 2.05) is 0 Å². The van der Waals surface area contributed by atoms with E-state index in [4.69, 9.17) is 0 Å². The van der Waals surface area contributed by atoms with Crippen molar-refractivity contribution < 1.29 is 14.3 Å². The zero-order chi connectivity index (χ0) is 14.8. The van der Waals surface area contributed by atoms with Crippen LogP contribution < -0.4 is 0 Å². The molecule has 110 valence electrons. The molecule has 1 aromatic carbocycles. The molecule has 4 heteroatoms. The van der Waals surface area contributed by atoms with Gasteiger partial charge in [-0.15, -0.1) is 0 Å². The lowest BCUT2D eigenvalue weighted by molar-refractivity contribution is 0.0214. The van der Waals surface area contributed by atoms with E-state index < -0.39 is 5.60 Å². The van der Waals surface area contributed by atoms with Crippen molar-refractivity contribution in [2.24, 2.45) is 5.92 Å². The van der Waals surface area contributed by atoms with Gasteiger partial charge in [0.15, 0.2) is 5.78 Å². The molecule has 1 N–H and O–H groups in total. The standard InChI is InChI=1S/C16H22FNO2/c1-16(2,20)11-18-9-3-4-13(10-18)15(19)12-5-7-14(17)8-6-12/h5-8,13,20H,3-4,9-11H2,1-2H3. The van der Waals surface area contributed by atoms with E-state index in [9.17, 15) is 14.3 Å². The zero-order valence-corrected chi connectivity index (χ0v) is 12.1. The minimum absolute atomic E-state index is 0.0587. The maximum Gasteiger partial charge on any atom is 0.167 e. The highest BCUT2D eigenvalue weighted by Crippen LogP contribution is 2.22. The number of carbonyl (C=O) groups is 1. The van der Waals surface area contributed by atoms with Crippen LogP contribution in [0.15, 0.2) is 24.3 Å². The molecule has 1 fully saturated rings. The van der Waals surface area contributed by atoms with Crippen molar-refractivity contribution in [2.75, 3.05) is 19.6 Å². The topological polar surface area (TPSA) is 40.5 Å².